The van der Waals surface area contributed by atoms with Crippen LogP contribution in [-0.4, -0.2) is 33.4 Å². The lowest BCUT2D eigenvalue weighted by atomic mass is 9.95. The molecule has 0 bridgehead atoms. The van der Waals surface area contributed by atoms with Crippen LogP contribution in [0.5, 0.6) is 17.2 Å². The summed E-state index contributed by atoms with van der Waals surface area (Å²) in [5.41, 5.74) is 1.85. The van der Waals surface area contributed by atoms with E-state index in [1.54, 1.807) is 14.2 Å². The van der Waals surface area contributed by atoms with E-state index in [1.165, 1.54) is 0 Å². The number of amides is 2. The summed E-state index contributed by atoms with van der Waals surface area (Å²) in [7, 11) is 3.25. The summed E-state index contributed by atoms with van der Waals surface area (Å²) in [6.07, 6.45) is 2.07. The zero-order chi connectivity index (χ0) is 19.3. The van der Waals surface area contributed by atoms with Gasteiger partial charge in [-0.15, -0.1) is 0 Å². The predicted octanol–water partition coefficient (Wildman–Crippen LogP) is 3.96. The summed E-state index contributed by atoms with van der Waals surface area (Å²) in [6, 6.07) is 13.1. The Hall–Kier alpha value is -2.89. The molecule has 2 amide bonds. The van der Waals surface area contributed by atoms with Gasteiger partial charge in [0.1, 0.15) is 5.75 Å². The number of methoxy groups -OCH3 is 2. The Morgan fingerprint density at radius 1 is 1.04 bits per heavy atom. The molecule has 2 N–H and O–H groups in total. The molecule has 0 saturated heterocycles. The van der Waals surface area contributed by atoms with Crippen molar-refractivity contribution >= 4 is 11.7 Å². The van der Waals surface area contributed by atoms with Crippen molar-refractivity contribution in [3.63, 3.8) is 0 Å². The molecule has 0 aromatic heterocycles. The summed E-state index contributed by atoms with van der Waals surface area (Å²) in [5.74, 6) is 2.20. The number of carbonyl (C=O) groups is 1. The molecule has 2 aromatic rings. The molecule has 0 aliphatic heterocycles. The van der Waals surface area contributed by atoms with Gasteiger partial charge in [0.2, 0.25) is 0 Å². The van der Waals surface area contributed by atoms with Gasteiger partial charge in [-0.3, -0.25) is 0 Å². The molecule has 6 heteroatoms. The first kappa shape index (κ1) is 18.9. The Bertz CT molecular complexity index is 785. The number of ether oxygens (including phenoxy) is 3. The highest BCUT2D eigenvalue weighted by Gasteiger charge is 2.44. The molecule has 0 unspecified atom stereocenters. The largest absolute Gasteiger partial charge is 0.494 e. The first-order valence-corrected chi connectivity index (χ1v) is 9.10. The lowest BCUT2D eigenvalue weighted by Gasteiger charge is -2.19. The maximum Gasteiger partial charge on any atom is 0.319 e. The minimum absolute atomic E-state index is 0.0320. The summed E-state index contributed by atoms with van der Waals surface area (Å²) in [5, 5.41) is 5.84. The van der Waals surface area contributed by atoms with Crippen molar-refractivity contribution in [3.8, 4) is 17.2 Å². The van der Waals surface area contributed by atoms with E-state index in [9.17, 15) is 4.79 Å². The van der Waals surface area contributed by atoms with Crippen molar-refractivity contribution in [2.45, 2.75) is 25.2 Å². The molecule has 27 heavy (non-hydrogen) atoms. The first-order chi connectivity index (χ1) is 13.1. The van der Waals surface area contributed by atoms with Crippen LogP contribution in [0.4, 0.5) is 10.5 Å². The molecule has 2 aromatic carbocycles. The monoisotopic (exact) mass is 370 g/mol. The number of hydrogen-bond donors (Lipinski definition) is 2. The van der Waals surface area contributed by atoms with Crippen LogP contribution in [0.2, 0.25) is 0 Å². The van der Waals surface area contributed by atoms with Crippen molar-refractivity contribution in [3.05, 3.63) is 48.0 Å². The second-order valence-corrected chi connectivity index (χ2v) is 6.62. The highest BCUT2D eigenvalue weighted by atomic mass is 16.5. The topological polar surface area (TPSA) is 68.8 Å². The van der Waals surface area contributed by atoms with Crippen LogP contribution in [0.1, 0.15) is 25.3 Å². The molecular weight excluding hydrogens is 344 g/mol. The second kappa shape index (κ2) is 8.20. The van der Waals surface area contributed by atoms with Gasteiger partial charge in [0.15, 0.2) is 11.5 Å². The molecular formula is C21H26N2O4. The highest BCUT2D eigenvalue weighted by molar-refractivity contribution is 5.89. The zero-order valence-corrected chi connectivity index (χ0v) is 16.0. The summed E-state index contributed by atoms with van der Waals surface area (Å²) in [4.78, 5) is 12.3. The van der Waals surface area contributed by atoms with Crippen LogP contribution in [0, 0.1) is 0 Å². The average Bonchev–Trinajstić information content (AvgIpc) is 3.49. The van der Waals surface area contributed by atoms with Crippen LogP contribution in [0.15, 0.2) is 42.5 Å². The Balaban J connectivity index is 1.58. The van der Waals surface area contributed by atoms with Crippen molar-refractivity contribution in [2.75, 3.05) is 32.7 Å². The molecule has 0 atom stereocenters. The smallest absolute Gasteiger partial charge is 0.319 e. The van der Waals surface area contributed by atoms with Gasteiger partial charge in [-0.25, -0.2) is 4.79 Å². The fourth-order valence-electron chi connectivity index (χ4n) is 3.11. The van der Waals surface area contributed by atoms with E-state index >= 15 is 0 Å². The number of hydrogen-bond acceptors (Lipinski definition) is 4. The molecule has 1 fully saturated rings. The van der Waals surface area contributed by atoms with Gasteiger partial charge in [0.05, 0.1) is 20.8 Å². The number of urea groups is 1. The van der Waals surface area contributed by atoms with Gasteiger partial charge in [0.25, 0.3) is 0 Å². The number of rotatable bonds is 8. The molecule has 3 rings (SSSR count). The van der Waals surface area contributed by atoms with Gasteiger partial charge >= 0.3 is 6.03 Å². The Kier molecular flexibility index (Phi) is 5.74. The van der Waals surface area contributed by atoms with E-state index in [-0.39, 0.29) is 11.4 Å². The highest BCUT2D eigenvalue weighted by Crippen LogP contribution is 2.49. The molecule has 0 heterocycles. The fourth-order valence-corrected chi connectivity index (χ4v) is 3.11. The zero-order valence-electron chi connectivity index (χ0n) is 16.0. The Morgan fingerprint density at radius 2 is 1.74 bits per heavy atom. The van der Waals surface area contributed by atoms with Gasteiger partial charge in [-0.05, 0) is 61.7 Å². The van der Waals surface area contributed by atoms with Gasteiger partial charge in [0, 0.05) is 17.6 Å². The summed E-state index contributed by atoms with van der Waals surface area (Å²) >= 11 is 0. The third kappa shape index (κ3) is 4.45. The number of benzene rings is 2. The fraction of sp³-hybridized carbons (Fsp3) is 0.381. The van der Waals surface area contributed by atoms with E-state index < -0.39 is 0 Å². The minimum Gasteiger partial charge on any atom is -0.494 e. The predicted molar refractivity (Wildman–Crippen MR) is 105 cm³/mol. The van der Waals surface area contributed by atoms with E-state index in [4.69, 9.17) is 14.2 Å². The first-order valence-electron chi connectivity index (χ1n) is 9.10. The normalized spacial score (nSPS) is 14.2. The third-order valence-electron chi connectivity index (χ3n) is 4.86. The number of anilines is 1. The van der Waals surface area contributed by atoms with Crippen LogP contribution in [0.3, 0.4) is 0 Å². The van der Waals surface area contributed by atoms with Crippen LogP contribution in [0.25, 0.3) is 0 Å². The number of carbonyl (C=O) groups excluding carboxylic acids is 1. The molecule has 1 saturated carbocycles. The van der Waals surface area contributed by atoms with Crippen molar-refractivity contribution < 1.29 is 19.0 Å². The Morgan fingerprint density at radius 3 is 2.33 bits per heavy atom. The van der Waals surface area contributed by atoms with Gasteiger partial charge in [-0.2, -0.15) is 0 Å². The molecule has 0 radical (unpaired) electrons. The van der Waals surface area contributed by atoms with Gasteiger partial charge < -0.3 is 24.8 Å². The van der Waals surface area contributed by atoms with Crippen LogP contribution in [-0.2, 0) is 5.41 Å². The van der Waals surface area contributed by atoms with E-state index in [1.807, 2.05) is 49.4 Å². The number of nitrogens with one attached hydrogen (secondary N) is 2. The van der Waals surface area contributed by atoms with E-state index in [2.05, 4.69) is 10.6 Å². The Labute approximate surface area is 159 Å². The molecule has 1 aliphatic rings. The lowest BCUT2D eigenvalue weighted by molar-refractivity contribution is 0.251. The second-order valence-electron chi connectivity index (χ2n) is 6.62. The maximum atomic E-state index is 12.3. The van der Waals surface area contributed by atoms with Crippen LogP contribution < -0.4 is 24.8 Å². The van der Waals surface area contributed by atoms with Crippen LogP contribution >= 0.6 is 0 Å². The van der Waals surface area contributed by atoms with Crippen molar-refractivity contribution in [1.29, 1.82) is 0 Å². The summed E-state index contributed by atoms with van der Waals surface area (Å²) < 4.78 is 16.1. The molecule has 1 aliphatic carbocycles. The van der Waals surface area contributed by atoms with Gasteiger partial charge in [-0.1, -0.05) is 6.07 Å². The molecule has 0 spiro atoms. The molecule has 144 valence electrons. The van der Waals surface area contributed by atoms with Crippen molar-refractivity contribution in [2.24, 2.45) is 0 Å². The SMILES string of the molecule is CCOc1ccc(NC(=O)NCC2(c3ccc(OC)c(OC)c3)CC2)cc1. The lowest BCUT2D eigenvalue weighted by Crippen LogP contribution is -2.35. The third-order valence-corrected chi connectivity index (χ3v) is 4.86. The standard InChI is InChI=1S/C21H26N2O4/c1-4-27-17-8-6-16(7-9-17)23-20(24)22-14-21(11-12-21)15-5-10-18(25-2)19(13-15)26-3/h5-10,13H,4,11-12,14H2,1-3H3,(H2,22,23,24). The van der Waals surface area contributed by atoms with Crippen molar-refractivity contribution in [1.82, 2.24) is 5.32 Å². The minimum atomic E-state index is -0.217. The summed E-state index contributed by atoms with van der Waals surface area (Å²) in [6.45, 7) is 3.13. The molecule has 6 nitrogen and oxygen atoms in total. The van der Waals surface area contributed by atoms with E-state index in [0.717, 1.165) is 29.8 Å². The quantitative estimate of drug-likeness (QED) is 0.738. The maximum absolute atomic E-state index is 12.3. The van der Waals surface area contributed by atoms with E-state index in [0.29, 0.717) is 24.7 Å². The average molecular weight is 370 g/mol.